The molecule has 24 heavy (non-hydrogen) atoms. The van der Waals surface area contributed by atoms with Crippen LogP contribution < -0.4 is 0 Å². The molecular weight excluding hydrogens is 344 g/mol. The second kappa shape index (κ2) is 6.95. The molecule has 6 heteroatoms. The number of imidazole rings is 1. The normalized spacial score (nSPS) is 11.5. The first-order valence-corrected chi connectivity index (χ1v) is 9.47. The topological polar surface area (TPSA) is 52.0 Å². The Labute approximate surface area is 148 Å². The molecule has 0 saturated carbocycles. The fourth-order valence-electron chi connectivity index (χ4n) is 2.79. The number of thiol groups is 1. The van der Waals surface area contributed by atoms with Gasteiger partial charge < -0.3 is 0 Å². The highest BCUT2D eigenvalue weighted by molar-refractivity contribution is 7.71. The molecule has 0 aliphatic carbocycles. The minimum atomic E-state index is -2.53. The van der Waals surface area contributed by atoms with Crippen molar-refractivity contribution in [1.29, 1.82) is 0 Å². The van der Waals surface area contributed by atoms with Crippen molar-refractivity contribution in [3.8, 4) is 5.69 Å². The van der Waals surface area contributed by atoms with Gasteiger partial charge in [-0.3, -0.25) is 4.57 Å². The van der Waals surface area contributed by atoms with Gasteiger partial charge in [-0.1, -0.05) is 30.7 Å². The van der Waals surface area contributed by atoms with Crippen LogP contribution in [-0.2, 0) is 29.3 Å². The summed E-state index contributed by atoms with van der Waals surface area (Å²) in [5.41, 5.74) is 4.39. The molecule has 125 valence electrons. The summed E-state index contributed by atoms with van der Waals surface area (Å²) >= 11 is 6.29. The zero-order valence-electron chi connectivity index (χ0n) is 13.3. The van der Waals surface area contributed by atoms with Crippen molar-refractivity contribution in [2.24, 2.45) is 0 Å². The maximum Gasteiger partial charge on any atom is 0.144 e. The Bertz CT molecular complexity index is 951. The fraction of sp³-hybridized carbons (Fsp3) is 0.222. The molecule has 0 aliphatic heterocycles. The maximum atomic E-state index is 11.0. The van der Waals surface area contributed by atoms with E-state index in [4.69, 9.17) is 11.6 Å². The van der Waals surface area contributed by atoms with Crippen LogP contribution in [0.2, 0.25) is 5.02 Å². The minimum Gasteiger partial charge on any atom is -0.296 e. The monoisotopic (exact) mass is 361 g/mol. The molecule has 0 unspecified atom stereocenters. The van der Waals surface area contributed by atoms with Gasteiger partial charge in [0.2, 0.25) is 0 Å². The van der Waals surface area contributed by atoms with Crippen LogP contribution in [0.3, 0.4) is 0 Å². The number of fused-ring (bicyclic) bond motifs is 1. The van der Waals surface area contributed by atoms with E-state index in [-0.39, 0.29) is 5.75 Å². The third-order valence-corrected chi connectivity index (χ3v) is 4.94. The molecule has 1 heterocycles. The van der Waals surface area contributed by atoms with Crippen LogP contribution in [0.4, 0.5) is 0 Å². The minimum absolute atomic E-state index is 0.0728. The molecular formula is C18H18ClN2O2S. The Morgan fingerprint density at radius 3 is 2.50 bits per heavy atom. The van der Waals surface area contributed by atoms with Crippen LogP contribution in [0.15, 0.2) is 36.4 Å². The van der Waals surface area contributed by atoms with E-state index in [1.54, 1.807) is 12.1 Å². The molecule has 0 spiro atoms. The van der Waals surface area contributed by atoms with E-state index in [0.29, 0.717) is 10.6 Å². The van der Waals surface area contributed by atoms with Crippen LogP contribution in [0.25, 0.3) is 16.7 Å². The summed E-state index contributed by atoms with van der Waals surface area (Å²) in [6, 6.07) is 11.7. The van der Waals surface area contributed by atoms with Gasteiger partial charge in [-0.05, 0) is 48.7 Å². The summed E-state index contributed by atoms with van der Waals surface area (Å²) in [5, 5.41) is 0.444. The summed E-state index contributed by atoms with van der Waals surface area (Å²) < 4.78 is 24.1. The molecule has 0 bridgehead atoms. The van der Waals surface area contributed by atoms with Crippen molar-refractivity contribution in [3.05, 3.63) is 65.3 Å². The first-order valence-electron chi connectivity index (χ1n) is 7.73. The highest BCUT2D eigenvalue weighted by Gasteiger charge is 2.14. The molecule has 0 N–H and O–H groups in total. The molecule has 3 aromatic rings. The number of nitrogens with zero attached hydrogens (tertiary/aromatic N) is 2. The largest absolute Gasteiger partial charge is 0.296 e. The molecule has 0 amide bonds. The van der Waals surface area contributed by atoms with Crippen LogP contribution in [0.5, 0.6) is 0 Å². The lowest BCUT2D eigenvalue weighted by molar-refractivity contribution is 0.614. The van der Waals surface area contributed by atoms with Gasteiger partial charge in [-0.15, -0.1) is 0 Å². The quantitative estimate of drug-likeness (QED) is 0.704. The van der Waals surface area contributed by atoms with Crippen molar-refractivity contribution in [2.75, 3.05) is 0 Å². The molecule has 2 aromatic carbocycles. The average Bonchev–Trinajstić information content (AvgIpc) is 2.92. The highest BCUT2D eigenvalue weighted by Crippen LogP contribution is 2.28. The number of aryl methyl sites for hydroxylation is 1. The Hall–Kier alpha value is -1.85. The first kappa shape index (κ1) is 17.0. The molecule has 1 aromatic heterocycles. The van der Waals surface area contributed by atoms with Gasteiger partial charge >= 0.3 is 0 Å². The van der Waals surface area contributed by atoms with Crippen LogP contribution in [0.1, 0.15) is 23.9 Å². The summed E-state index contributed by atoms with van der Waals surface area (Å²) in [5.74, 6) is 0.837. The fourth-order valence-corrected chi connectivity index (χ4v) is 3.65. The summed E-state index contributed by atoms with van der Waals surface area (Å²) in [7, 11) is -2.53. The molecule has 0 atom stereocenters. The molecule has 0 fully saturated rings. The molecule has 3 rings (SSSR count). The lowest BCUT2D eigenvalue weighted by atomic mass is 10.1. The van der Waals surface area contributed by atoms with Gasteiger partial charge in [0.25, 0.3) is 0 Å². The SMILES string of the molecule is [CH2]Cc1ccc(-n2c(CC)nc3cc(C[SH](=O)=O)c(Cl)cc32)cc1. The Balaban J connectivity index is 2.20. The van der Waals surface area contributed by atoms with E-state index in [2.05, 4.69) is 16.5 Å². The van der Waals surface area contributed by atoms with E-state index in [1.165, 1.54) is 5.56 Å². The van der Waals surface area contributed by atoms with E-state index >= 15 is 0 Å². The van der Waals surface area contributed by atoms with E-state index in [0.717, 1.165) is 35.4 Å². The molecule has 4 nitrogen and oxygen atoms in total. The summed E-state index contributed by atoms with van der Waals surface area (Å²) in [4.78, 5) is 4.65. The Morgan fingerprint density at radius 1 is 1.21 bits per heavy atom. The zero-order chi connectivity index (χ0) is 17.3. The number of halogens is 1. The van der Waals surface area contributed by atoms with Crippen LogP contribution in [0, 0.1) is 6.92 Å². The van der Waals surface area contributed by atoms with Gasteiger partial charge in [-0.2, -0.15) is 0 Å². The van der Waals surface area contributed by atoms with Crippen molar-refractivity contribution in [3.63, 3.8) is 0 Å². The highest BCUT2D eigenvalue weighted by atomic mass is 35.5. The third kappa shape index (κ3) is 3.19. The van der Waals surface area contributed by atoms with Gasteiger partial charge in [0, 0.05) is 17.1 Å². The van der Waals surface area contributed by atoms with Gasteiger partial charge in [0.05, 0.1) is 16.8 Å². The maximum absolute atomic E-state index is 11.0. The smallest absolute Gasteiger partial charge is 0.144 e. The molecule has 0 saturated heterocycles. The molecule has 1 radical (unpaired) electrons. The summed E-state index contributed by atoms with van der Waals surface area (Å²) in [6.07, 6.45) is 1.50. The number of rotatable bonds is 5. The third-order valence-electron chi connectivity index (χ3n) is 3.99. The van der Waals surface area contributed by atoms with Crippen LogP contribution in [-0.4, -0.2) is 18.0 Å². The van der Waals surface area contributed by atoms with Gasteiger partial charge in [0.15, 0.2) is 0 Å². The van der Waals surface area contributed by atoms with E-state index in [9.17, 15) is 8.42 Å². The Morgan fingerprint density at radius 2 is 1.92 bits per heavy atom. The molecule has 0 aliphatic rings. The van der Waals surface area contributed by atoms with Crippen LogP contribution >= 0.6 is 11.6 Å². The number of benzene rings is 2. The average molecular weight is 362 g/mol. The van der Waals surface area contributed by atoms with Crippen molar-refractivity contribution in [2.45, 2.75) is 25.5 Å². The first-order chi connectivity index (χ1) is 11.5. The Kier molecular flexibility index (Phi) is 4.92. The van der Waals surface area contributed by atoms with E-state index < -0.39 is 10.7 Å². The summed E-state index contributed by atoms with van der Waals surface area (Å²) in [6.45, 7) is 5.93. The van der Waals surface area contributed by atoms with Crippen molar-refractivity contribution < 1.29 is 8.42 Å². The zero-order valence-corrected chi connectivity index (χ0v) is 15.0. The standard InChI is InChI=1S/C18H18ClN2O2S/c1-3-12-5-7-14(8-6-12)21-17-10-15(19)13(11-24(22)23)9-16(17)20-18(21)4-2/h5-10,24H,1,3-4,11H2,2H3. The van der Waals surface area contributed by atoms with E-state index in [1.807, 2.05) is 31.2 Å². The predicted octanol–water partition coefficient (Wildman–Crippen LogP) is 3.73. The van der Waals surface area contributed by atoms with Gasteiger partial charge in [-0.25, -0.2) is 13.4 Å². The van der Waals surface area contributed by atoms with Gasteiger partial charge in [0.1, 0.15) is 16.5 Å². The van der Waals surface area contributed by atoms with Crippen molar-refractivity contribution >= 4 is 33.3 Å². The number of hydrogen-bond acceptors (Lipinski definition) is 3. The lowest BCUT2D eigenvalue weighted by Gasteiger charge is -2.10. The van der Waals surface area contributed by atoms with Crippen molar-refractivity contribution in [1.82, 2.24) is 9.55 Å². The second-order valence-corrected chi connectivity index (χ2v) is 6.95. The number of aromatic nitrogens is 2. The lowest BCUT2D eigenvalue weighted by Crippen LogP contribution is -2.00. The second-order valence-electron chi connectivity index (χ2n) is 5.56. The number of hydrogen-bond donors (Lipinski definition) is 1. The predicted molar refractivity (Wildman–Crippen MR) is 98.5 cm³/mol.